The quantitative estimate of drug-likeness (QED) is 0.783. The largest absolute Gasteiger partial charge is 0.438 e. The normalized spacial score (nSPS) is 10.6. The summed E-state index contributed by atoms with van der Waals surface area (Å²) in [6.45, 7) is 2.13. The summed E-state index contributed by atoms with van der Waals surface area (Å²) < 4.78 is 5.94. The summed E-state index contributed by atoms with van der Waals surface area (Å²) in [7, 11) is 1.80. The maximum absolute atomic E-state index is 5.94. The van der Waals surface area contributed by atoms with Gasteiger partial charge in [0.25, 0.3) is 0 Å². The molecule has 0 fully saturated rings. The topological polar surface area (TPSA) is 47.0 Å². The van der Waals surface area contributed by atoms with Crippen molar-refractivity contribution < 1.29 is 4.74 Å². The van der Waals surface area contributed by atoms with Crippen LogP contribution in [0.5, 0.6) is 11.6 Å². The Labute approximate surface area is 123 Å². The lowest BCUT2D eigenvalue weighted by molar-refractivity contribution is 0.469. The molecule has 4 heteroatoms. The zero-order valence-corrected chi connectivity index (χ0v) is 12.1. The van der Waals surface area contributed by atoms with Gasteiger partial charge in [0, 0.05) is 7.05 Å². The number of benzene rings is 2. The molecular formula is C17H17N3O. The minimum absolute atomic E-state index is 0.550. The van der Waals surface area contributed by atoms with Crippen LogP contribution < -0.4 is 10.1 Å². The van der Waals surface area contributed by atoms with Crippen molar-refractivity contribution in [2.75, 3.05) is 12.4 Å². The second kappa shape index (κ2) is 5.79. The number of nitrogens with one attached hydrogen (secondary N) is 1. The Morgan fingerprint density at radius 1 is 1.00 bits per heavy atom. The van der Waals surface area contributed by atoms with Gasteiger partial charge in [0.05, 0.1) is 10.9 Å². The summed E-state index contributed by atoms with van der Waals surface area (Å²) in [6, 6.07) is 15.9. The van der Waals surface area contributed by atoms with Crippen molar-refractivity contribution >= 4 is 16.9 Å². The molecule has 0 aliphatic carbocycles. The average Bonchev–Trinajstić information content (AvgIpc) is 2.55. The molecule has 2 aromatic carbocycles. The molecule has 106 valence electrons. The number of rotatable bonds is 4. The van der Waals surface area contributed by atoms with E-state index >= 15 is 0 Å². The van der Waals surface area contributed by atoms with E-state index in [2.05, 4.69) is 34.3 Å². The third-order valence-corrected chi connectivity index (χ3v) is 3.34. The molecule has 0 saturated heterocycles. The molecule has 0 spiro atoms. The number of nitrogens with zero attached hydrogens (tertiary/aromatic N) is 2. The van der Waals surface area contributed by atoms with E-state index in [4.69, 9.17) is 4.74 Å². The Morgan fingerprint density at radius 2 is 1.76 bits per heavy atom. The van der Waals surface area contributed by atoms with Crippen LogP contribution in [0.3, 0.4) is 0 Å². The van der Waals surface area contributed by atoms with E-state index in [-0.39, 0.29) is 0 Å². The molecule has 0 amide bonds. The van der Waals surface area contributed by atoms with E-state index in [0.29, 0.717) is 11.8 Å². The number of aryl methyl sites for hydroxylation is 1. The van der Waals surface area contributed by atoms with Gasteiger partial charge < -0.3 is 10.1 Å². The molecular weight excluding hydrogens is 262 g/mol. The SMILES string of the molecule is CCc1ccc(Oc2nc(NC)nc3ccccc23)cc1. The molecule has 0 radical (unpaired) electrons. The number of aromatic nitrogens is 2. The number of para-hydroxylation sites is 1. The second-order valence-corrected chi connectivity index (χ2v) is 4.72. The van der Waals surface area contributed by atoms with Crippen LogP contribution in [0.2, 0.25) is 0 Å². The van der Waals surface area contributed by atoms with Crippen LogP contribution >= 0.6 is 0 Å². The molecule has 21 heavy (non-hydrogen) atoms. The molecule has 1 aromatic heterocycles. The number of anilines is 1. The van der Waals surface area contributed by atoms with E-state index in [1.165, 1.54) is 5.56 Å². The zero-order chi connectivity index (χ0) is 14.7. The van der Waals surface area contributed by atoms with Gasteiger partial charge in [-0.25, -0.2) is 4.98 Å². The van der Waals surface area contributed by atoms with Gasteiger partial charge >= 0.3 is 0 Å². The molecule has 0 unspecified atom stereocenters. The minimum atomic E-state index is 0.550. The summed E-state index contributed by atoms with van der Waals surface area (Å²) in [5, 5.41) is 3.86. The Bertz CT molecular complexity index is 754. The summed E-state index contributed by atoms with van der Waals surface area (Å²) in [4.78, 5) is 8.83. The number of hydrogen-bond acceptors (Lipinski definition) is 4. The van der Waals surface area contributed by atoms with Crippen LogP contribution in [0.15, 0.2) is 48.5 Å². The van der Waals surface area contributed by atoms with Gasteiger partial charge in [0.1, 0.15) is 5.75 Å². The van der Waals surface area contributed by atoms with Gasteiger partial charge in [-0.3, -0.25) is 0 Å². The van der Waals surface area contributed by atoms with Crippen molar-refractivity contribution in [1.82, 2.24) is 9.97 Å². The Morgan fingerprint density at radius 3 is 2.48 bits per heavy atom. The third kappa shape index (κ3) is 2.79. The third-order valence-electron chi connectivity index (χ3n) is 3.34. The highest BCUT2D eigenvalue weighted by Gasteiger charge is 2.08. The molecule has 0 saturated carbocycles. The van der Waals surface area contributed by atoms with E-state index in [0.717, 1.165) is 23.1 Å². The molecule has 1 N–H and O–H groups in total. The molecule has 0 aliphatic heterocycles. The predicted octanol–water partition coefficient (Wildman–Crippen LogP) is 4.03. The number of fused-ring (bicyclic) bond motifs is 1. The van der Waals surface area contributed by atoms with Crippen molar-refractivity contribution in [2.45, 2.75) is 13.3 Å². The molecule has 0 atom stereocenters. The summed E-state index contributed by atoms with van der Waals surface area (Å²) in [5.41, 5.74) is 2.14. The molecule has 4 nitrogen and oxygen atoms in total. The van der Waals surface area contributed by atoms with Crippen molar-refractivity contribution in [2.24, 2.45) is 0 Å². The van der Waals surface area contributed by atoms with Gasteiger partial charge in [0.15, 0.2) is 0 Å². The fraction of sp³-hybridized carbons (Fsp3) is 0.176. The van der Waals surface area contributed by atoms with Crippen molar-refractivity contribution in [1.29, 1.82) is 0 Å². The maximum atomic E-state index is 5.94. The summed E-state index contributed by atoms with van der Waals surface area (Å²) in [6.07, 6.45) is 1.01. The van der Waals surface area contributed by atoms with E-state index in [9.17, 15) is 0 Å². The van der Waals surface area contributed by atoms with Crippen LogP contribution in [-0.4, -0.2) is 17.0 Å². The van der Waals surface area contributed by atoms with Crippen molar-refractivity contribution in [3.63, 3.8) is 0 Å². The first kappa shape index (κ1) is 13.4. The highest BCUT2D eigenvalue weighted by molar-refractivity contribution is 5.84. The van der Waals surface area contributed by atoms with E-state index < -0.39 is 0 Å². The number of ether oxygens (including phenoxy) is 1. The Hall–Kier alpha value is -2.62. The highest BCUT2D eigenvalue weighted by atomic mass is 16.5. The smallest absolute Gasteiger partial charge is 0.231 e. The standard InChI is InChI=1S/C17H17N3O/c1-3-12-8-10-13(11-9-12)21-16-14-6-4-5-7-15(14)19-17(18-2)20-16/h4-11H,3H2,1-2H3,(H,18,19,20). The maximum Gasteiger partial charge on any atom is 0.231 e. The molecule has 0 bridgehead atoms. The average molecular weight is 279 g/mol. The van der Waals surface area contributed by atoms with Crippen LogP contribution in [0.1, 0.15) is 12.5 Å². The molecule has 0 aliphatic rings. The lowest BCUT2D eigenvalue weighted by Gasteiger charge is -2.10. The minimum Gasteiger partial charge on any atom is -0.438 e. The van der Waals surface area contributed by atoms with E-state index in [1.54, 1.807) is 7.05 Å². The van der Waals surface area contributed by atoms with Crippen LogP contribution in [0, 0.1) is 0 Å². The first-order chi connectivity index (χ1) is 10.3. The summed E-state index contributed by atoms with van der Waals surface area (Å²) >= 11 is 0. The van der Waals surface area contributed by atoms with Gasteiger partial charge in [-0.15, -0.1) is 0 Å². The lowest BCUT2D eigenvalue weighted by atomic mass is 10.2. The Balaban J connectivity index is 2.01. The van der Waals surface area contributed by atoms with Crippen LogP contribution in [0.4, 0.5) is 5.95 Å². The number of hydrogen-bond donors (Lipinski definition) is 1. The van der Waals surface area contributed by atoms with Crippen molar-refractivity contribution in [3.8, 4) is 11.6 Å². The van der Waals surface area contributed by atoms with Crippen molar-refractivity contribution in [3.05, 3.63) is 54.1 Å². The first-order valence-electron chi connectivity index (χ1n) is 7.01. The fourth-order valence-electron chi connectivity index (χ4n) is 2.14. The van der Waals surface area contributed by atoms with Crippen LogP contribution in [-0.2, 0) is 6.42 Å². The monoisotopic (exact) mass is 279 g/mol. The van der Waals surface area contributed by atoms with E-state index in [1.807, 2.05) is 36.4 Å². The molecule has 3 aromatic rings. The van der Waals surface area contributed by atoms with Gasteiger partial charge in [-0.05, 0) is 36.2 Å². The van der Waals surface area contributed by atoms with Crippen LogP contribution in [0.25, 0.3) is 10.9 Å². The molecule has 1 heterocycles. The second-order valence-electron chi connectivity index (χ2n) is 4.72. The Kier molecular flexibility index (Phi) is 3.69. The highest BCUT2D eigenvalue weighted by Crippen LogP contribution is 2.28. The lowest BCUT2D eigenvalue weighted by Crippen LogP contribution is -1.99. The predicted molar refractivity (Wildman–Crippen MR) is 85.0 cm³/mol. The van der Waals surface area contributed by atoms with Gasteiger partial charge in [0.2, 0.25) is 11.8 Å². The van der Waals surface area contributed by atoms with Gasteiger partial charge in [-0.2, -0.15) is 4.98 Å². The summed E-state index contributed by atoms with van der Waals surface area (Å²) in [5.74, 6) is 1.89. The molecule has 3 rings (SSSR count). The first-order valence-corrected chi connectivity index (χ1v) is 7.01. The zero-order valence-electron chi connectivity index (χ0n) is 12.1. The fourth-order valence-corrected chi connectivity index (χ4v) is 2.14. The van der Waals surface area contributed by atoms with Gasteiger partial charge in [-0.1, -0.05) is 31.2 Å².